The average Bonchev–Trinajstić information content (AvgIpc) is 3.06. The highest BCUT2D eigenvalue weighted by molar-refractivity contribution is 4.91. The molecule has 2 aliphatic rings. The van der Waals surface area contributed by atoms with Crippen LogP contribution in [-0.2, 0) is 0 Å². The molecule has 1 aliphatic carbocycles. The van der Waals surface area contributed by atoms with E-state index in [1.807, 2.05) is 0 Å². The molecule has 2 atom stereocenters. The lowest BCUT2D eigenvalue weighted by atomic mass is 9.85. The molecule has 1 aliphatic heterocycles. The van der Waals surface area contributed by atoms with Gasteiger partial charge >= 0.3 is 0 Å². The Labute approximate surface area is 133 Å². The zero-order chi connectivity index (χ0) is 15.5. The van der Waals surface area contributed by atoms with Crippen LogP contribution in [0.3, 0.4) is 0 Å². The quantitative estimate of drug-likeness (QED) is 0.779. The summed E-state index contributed by atoms with van der Waals surface area (Å²) in [4.78, 5) is 2.85. The van der Waals surface area contributed by atoms with E-state index >= 15 is 0 Å². The van der Waals surface area contributed by atoms with E-state index < -0.39 is 0 Å². The molecule has 1 heterocycles. The first-order chi connectivity index (χ1) is 9.83. The maximum atomic E-state index is 3.75. The minimum atomic E-state index is 0.228. The van der Waals surface area contributed by atoms with Crippen LogP contribution in [0.15, 0.2) is 0 Å². The molecule has 0 aromatic carbocycles. The molecule has 124 valence electrons. The molecule has 2 nitrogen and oxygen atoms in total. The molecule has 2 unspecified atom stereocenters. The monoisotopic (exact) mass is 294 g/mol. The maximum Gasteiger partial charge on any atom is 0.0124 e. The molecule has 2 fully saturated rings. The van der Waals surface area contributed by atoms with Crippen molar-refractivity contribution in [1.82, 2.24) is 10.2 Å². The van der Waals surface area contributed by atoms with Crippen LogP contribution < -0.4 is 5.32 Å². The third-order valence-electron chi connectivity index (χ3n) is 5.84. The predicted octanol–water partition coefficient (Wildman–Crippen LogP) is 4.45. The van der Waals surface area contributed by atoms with Gasteiger partial charge in [0.2, 0.25) is 0 Å². The molecule has 0 bridgehead atoms. The summed E-state index contributed by atoms with van der Waals surface area (Å²) in [6, 6.07) is 0.896. The number of likely N-dealkylation sites (tertiary alicyclic amines) is 1. The maximum absolute atomic E-state index is 3.75. The van der Waals surface area contributed by atoms with Crippen molar-refractivity contribution >= 4 is 0 Å². The van der Waals surface area contributed by atoms with Gasteiger partial charge in [-0.05, 0) is 70.8 Å². The largest absolute Gasteiger partial charge is 0.311 e. The van der Waals surface area contributed by atoms with Gasteiger partial charge in [-0.3, -0.25) is 4.90 Å². The minimum Gasteiger partial charge on any atom is -0.311 e. The molecular formula is C19H38N2. The highest BCUT2D eigenvalue weighted by atomic mass is 15.2. The van der Waals surface area contributed by atoms with Gasteiger partial charge in [0.25, 0.3) is 0 Å². The third kappa shape index (κ3) is 4.96. The standard InChI is InChI=1S/C19H38N2/c1-6-19(5,14-20-18(2,3)4)15-21-13-9-12-17(21)16-10-7-8-11-16/h16-17,20H,6-15H2,1-5H3. The van der Waals surface area contributed by atoms with Gasteiger partial charge in [-0.15, -0.1) is 0 Å². The topological polar surface area (TPSA) is 15.3 Å². The van der Waals surface area contributed by atoms with Crippen molar-refractivity contribution in [1.29, 1.82) is 0 Å². The number of nitrogens with one attached hydrogen (secondary N) is 1. The molecule has 1 N–H and O–H groups in total. The van der Waals surface area contributed by atoms with Gasteiger partial charge in [-0.2, -0.15) is 0 Å². The van der Waals surface area contributed by atoms with Crippen molar-refractivity contribution in [2.24, 2.45) is 11.3 Å². The SMILES string of the molecule is CCC(C)(CNC(C)(C)C)CN1CCCC1C1CCCC1. The van der Waals surface area contributed by atoms with Crippen molar-refractivity contribution in [2.45, 2.75) is 91.1 Å². The molecule has 1 saturated heterocycles. The van der Waals surface area contributed by atoms with Crippen LogP contribution in [0.2, 0.25) is 0 Å². The summed E-state index contributed by atoms with van der Waals surface area (Å²) in [6.45, 7) is 15.4. The van der Waals surface area contributed by atoms with Crippen LogP contribution in [0.4, 0.5) is 0 Å². The molecule has 2 heteroatoms. The predicted molar refractivity (Wildman–Crippen MR) is 92.7 cm³/mol. The molecule has 0 amide bonds. The van der Waals surface area contributed by atoms with E-state index in [9.17, 15) is 0 Å². The number of hydrogen-bond acceptors (Lipinski definition) is 2. The molecule has 0 radical (unpaired) electrons. The van der Waals surface area contributed by atoms with Crippen LogP contribution in [0.25, 0.3) is 0 Å². The first-order valence-electron chi connectivity index (χ1n) is 9.32. The molecule has 0 spiro atoms. The van der Waals surface area contributed by atoms with Gasteiger partial charge in [0.05, 0.1) is 0 Å². The van der Waals surface area contributed by atoms with Crippen LogP contribution in [0.5, 0.6) is 0 Å². The zero-order valence-electron chi connectivity index (χ0n) is 15.2. The van der Waals surface area contributed by atoms with Crippen LogP contribution >= 0.6 is 0 Å². The van der Waals surface area contributed by atoms with Crippen LogP contribution in [0.1, 0.15) is 79.6 Å². The Balaban J connectivity index is 1.92. The first kappa shape index (κ1) is 17.3. The number of nitrogens with zero attached hydrogens (tertiary/aromatic N) is 1. The fraction of sp³-hybridized carbons (Fsp3) is 1.00. The highest BCUT2D eigenvalue weighted by Gasteiger charge is 2.36. The van der Waals surface area contributed by atoms with Crippen LogP contribution in [0, 0.1) is 11.3 Å². The molecule has 0 aromatic heterocycles. The van der Waals surface area contributed by atoms with E-state index in [-0.39, 0.29) is 5.54 Å². The third-order valence-corrected chi connectivity index (χ3v) is 5.84. The molecule has 1 saturated carbocycles. The normalized spacial score (nSPS) is 28.1. The lowest BCUT2D eigenvalue weighted by Gasteiger charge is -2.39. The lowest BCUT2D eigenvalue weighted by Crippen LogP contribution is -2.49. The van der Waals surface area contributed by atoms with E-state index in [2.05, 4.69) is 44.8 Å². The smallest absolute Gasteiger partial charge is 0.0124 e. The van der Waals surface area contributed by atoms with E-state index in [4.69, 9.17) is 0 Å². The molecule has 0 aromatic rings. The van der Waals surface area contributed by atoms with E-state index in [1.165, 1.54) is 58.0 Å². The van der Waals surface area contributed by atoms with Crippen molar-refractivity contribution in [2.75, 3.05) is 19.6 Å². The Kier molecular flexibility index (Phi) is 5.76. The van der Waals surface area contributed by atoms with Crippen molar-refractivity contribution < 1.29 is 0 Å². The Morgan fingerprint density at radius 3 is 2.24 bits per heavy atom. The van der Waals surface area contributed by atoms with Crippen molar-refractivity contribution in [3.63, 3.8) is 0 Å². The second-order valence-electron chi connectivity index (χ2n) is 8.99. The van der Waals surface area contributed by atoms with E-state index in [0.717, 1.165) is 18.5 Å². The molecule has 21 heavy (non-hydrogen) atoms. The second kappa shape index (κ2) is 7.00. The summed E-state index contributed by atoms with van der Waals surface area (Å²) < 4.78 is 0. The number of rotatable bonds is 6. The summed E-state index contributed by atoms with van der Waals surface area (Å²) in [5.41, 5.74) is 0.640. The number of hydrogen-bond donors (Lipinski definition) is 1. The van der Waals surface area contributed by atoms with E-state index in [1.54, 1.807) is 0 Å². The summed E-state index contributed by atoms with van der Waals surface area (Å²) in [7, 11) is 0. The second-order valence-corrected chi connectivity index (χ2v) is 8.99. The first-order valence-corrected chi connectivity index (χ1v) is 9.32. The zero-order valence-corrected chi connectivity index (χ0v) is 15.2. The van der Waals surface area contributed by atoms with Gasteiger partial charge in [-0.25, -0.2) is 0 Å². The van der Waals surface area contributed by atoms with Crippen LogP contribution in [-0.4, -0.2) is 36.1 Å². The summed E-state index contributed by atoms with van der Waals surface area (Å²) >= 11 is 0. The molecular weight excluding hydrogens is 256 g/mol. The summed E-state index contributed by atoms with van der Waals surface area (Å²) in [6.07, 6.45) is 10.1. The Morgan fingerprint density at radius 2 is 1.67 bits per heavy atom. The average molecular weight is 295 g/mol. The van der Waals surface area contributed by atoms with Gasteiger partial charge in [0.15, 0.2) is 0 Å². The lowest BCUT2D eigenvalue weighted by molar-refractivity contribution is 0.110. The van der Waals surface area contributed by atoms with Gasteiger partial charge in [-0.1, -0.05) is 26.7 Å². The highest BCUT2D eigenvalue weighted by Crippen LogP contribution is 2.37. The van der Waals surface area contributed by atoms with Crippen molar-refractivity contribution in [3.05, 3.63) is 0 Å². The Bertz CT molecular complexity index is 314. The minimum absolute atomic E-state index is 0.228. The van der Waals surface area contributed by atoms with Crippen molar-refractivity contribution in [3.8, 4) is 0 Å². The fourth-order valence-electron chi connectivity index (χ4n) is 4.19. The van der Waals surface area contributed by atoms with E-state index in [0.29, 0.717) is 5.41 Å². The van der Waals surface area contributed by atoms with Gasteiger partial charge < -0.3 is 5.32 Å². The summed E-state index contributed by atoms with van der Waals surface area (Å²) in [5, 5.41) is 3.75. The molecule has 2 rings (SSSR count). The fourth-order valence-corrected chi connectivity index (χ4v) is 4.19. The van der Waals surface area contributed by atoms with Gasteiger partial charge in [0.1, 0.15) is 0 Å². The Hall–Kier alpha value is -0.0800. The van der Waals surface area contributed by atoms with Gasteiger partial charge in [0, 0.05) is 24.7 Å². The Morgan fingerprint density at radius 1 is 1.00 bits per heavy atom. The summed E-state index contributed by atoms with van der Waals surface area (Å²) in [5.74, 6) is 1.00.